The van der Waals surface area contributed by atoms with E-state index in [1.165, 1.54) is 18.2 Å². The Bertz CT molecular complexity index is 980. The molecule has 0 heterocycles. The topological polar surface area (TPSA) is 66.5 Å². The van der Waals surface area contributed by atoms with Gasteiger partial charge in [-0.15, -0.1) is 0 Å². The molecule has 0 aliphatic heterocycles. The Morgan fingerprint density at radius 1 is 1.18 bits per heavy atom. The van der Waals surface area contributed by atoms with Crippen molar-refractivity contribution in [2.24, 2.45) is 0 Å². The first-order valence-electron chi connectivity index (χ1n) is 8.34. The van der Waals surface area contributed by atoms with E-state index in [2.05, 4.69) is 4.72 Å². The Kier molecular flexibility index (Phi) is 5.85. The van der Waals surface area contributed by atoms with Gasteiger partial charge in [-0.3, -0.25) is 9.52 Å². The summed E-state index contributed by atoms with van der Waals surface area (Å²) < 4.78 is 65.8. The number of amides is 1. The summed E-state index contributed by atoms with van der Waals surface area (Å²) in [6, 6.07) is 7.77. The van der Waals surface area contributed by atoms with Crippen LogP contribution in [-0.4, -0.2) is 38.2 Å². The highest BCUT2D eigenvalue weighted by Crippen LogP contribution is 2.31. The lowest BCUT2D eigenvalue weighted by Crippen LogP contribution is -2.37. The highest BCUT2D eigenvalue weighted by atomic mass is 35.5. The number of sulfonamides is 1. The lowest BCUT2D eigenvalue weighted by molar-refractivity contribution is 0.0534. The van der Waals surface area contributed by atoms with Gasteiger partial charge in [0.25, 0.3) is 22.4 Å². The summed E-state index contributed by atoms with van der Waals surface area (Å²) in [5.41, 5.74) is -0.0432. The average molecular weight is 433 g/mol. The molecule has 0 saturated heterocycles. The summed E-state index contributed by atoms with van der Waals surface area (Å²) in [5, 5.41) is 0.0223. The molecule has 150 valence electrons. The van der Waals surface area contributed by atoms with Crippen molar-refractivity contribution >= 4 is 33.2 Å². The molecule has 3 rings (SSSR count). The Balaban J connectivity index is 1.87. The molecule has 0 radical (unpaired) electrons. The molecule has 1 fully saturated rings. The van der Waals surface area contributed by atoms with Crippen molar-refractivity contribution in [2.75, 3.05) is 11.3 Å². The first-order valence-corrected chi connectivity index (χ1v) is 10.2. The molecule has 1 aliphatic rings. The number of alkyl halides is 2. The van der Waals surface area contributed by atoms with Gasteiger partial charge in [0.1, 0.15) is 5.82 Å². The van der Waals surface area contributed by atoms with E-state index in [-0.39, 0.29) is 27.2 Å². The average Bonchev–Trinajstić information content (AvgIpc) is 3.46. The molecule has 2 aromatic carbocycles. The van der Waals surface area contributed by atoms with E-state index in [0.29, 0.717) is 12.8 Å². The van der Waals surface area contributed by atoms with Crippen molar-refractivity contribution in [2.45, 2.75) is 30.2 Å². The molecular formula is C18H16ClF3N2O3S. The van der Waals surface area contributed by atoms with Gasteiger partial charge in [0.15, 0.2) is 0 Å². The van der Waals surface area contributed by atoms with Gasteiger partial charge in [0.05, 0.1) is 22.2 Å². The Morgan fingerprint density at radius 2 is 1.82 bits per heavy atom. The van der Waals surface area contributed by atoms with Gasteiger partial charge in [-0.25, -0.2) is 21.6 Å². The number of nitrogens with zero attached hydrogens (tertiary/aromatic N) is 1. The van der Waals surface area contributed by atoms with Gasteiger partial charge in [-0.1, -0.05) is 11.6 Å². The third kappa shape index (κ3) is 4.77. The molecule has 1 N–H and O–H groups in total. The molecule has 28 heavy (non-hydrogen) atoms. The largest absolute Gasteiger partial charge is 0.330 e. The highest BCUT2D eigenvalue weighted by Gasteiger charge is 2.35. The normalized spacial score (nSPS) is 14.2. The lowest BCUT2D eigenvalue weighted by Gasteiger charge is -2.22. The van der Waals surface area contributed by atoms with Gasteiger partial charge in [0.2, 0.25) is 0 Å². The summed E-state index contributed by atoms with van der Waals surface area (Å²) in [5.74, 6) is -1.22. The van der Waals surface area contributed by atoms with E-state index in [9.17, 15) is 26.4 Å². The van der Waals surface area contributed by atoms with Crippen molar-refractivity contribution in [3.63, 3.8) is 0 Å². The summed E-state index contributed by atoms with van der Waals surface area (Å²) in [6.07, 6.45) is -1.38. The molecule has 0 spiro atoms. The summed E-state index contributed by atoms with van der Waals surface area (Å²) >= 11 is 6.03. The number of halogens is 4. The van der Waals surface area contributed by atoms with Gasteiger partial charge < -0.3 is 4.90 Å². The SMILES string of the molecule is O=C(c1ccc(Cl)c(NS(=O)(=O)c2ccc(F)cc2)c1)N(CC(F)F)C1CC1. The van der Waals surface area contributed by atoms with Crippen LogP contribution in [0.1, 0.15) is 23.2 Å². The fourth-order valence-electron chi connectivity index (χ4n) is 2.65. The fourth-order valence-corrected chi connectivity index (χ4v) is 3.94. The standard InChI is InChI=1S/C18H16ClF3N2O3S/c19-15-8-1-11(18(25)24(10-17(21)22)13-4-5-13)9-16(15)23-28(26,27)14-6-2-12(20)3-7-14/h1-3,6-9,13,17,23H,4-5,10H2. The number of rotatable bonds is 7. The van der Waals surface area contributed by atoms with Gasteiger partial charge in [-0.05, 0) is 55.3 Å². The zero-order chi connectivity index (χ0) is 20.5. The predicted molar refractivity (Wildman–Crippen MR) is 98.7 cm³/mol. The fraction of sp³-hybridized carbons (Fsp3) is 0.278. The first kappa shape index (κ1) is 20.5. The molecule has 1 saturated carbocycles. The summed E-state index contributed by atoms with van der Waals surface area (Å²) in [6.45, 7) is -0.692. The van der Waals surface area contributed by atoms with Gasteiger partial charge in [-0.2, -0.15) is 0 Å². The molecule has 1 aliphatic carbocycles. The Hall–Kier alpha value is -2.26. The maximum Gasteiger partial charge on any atom is 0.261 e. The van der Waals surface area contributed by atoms with Crippen molar-refractivity contribution < 1.29 is 26.4 Å². The number of hydrogen-bond acceptors (Lipinski definition) is 3. The zero-order valence-corrected chi connectivity index (χ0v) is 16.0. The monoisotopic (exact) mass is 432 g/mol. The minimum absolute atomic E-state index is 0.0223. The molecule has 10 heteroatoms. The number of benzene rings is 2. The van der Waals surface area contributed by atoms with Crippen molar-refractivity contribution in [1.82, 2.24) is 4.90 Å². The molecular weight excluding hydrogens is 417 g/mol. The van der Waals surface area contributed by atoms with Crippen molar-refractivity contribution in [3.8, 4) is 0 Å². The summed E-state index contributed by atoms with van der Waals surface area (Å²) in [7, 11) is -4.08. The van der Waals surface area contributed by atoms with Crippen LogP contribution in [-0.2, 0) is 10.0 Å². The molecule has 0 aromatic heterocycles. The molecule has 0 atom stereocenters. The smallest absolute Gasteiger partial charge is 0.261 e. The van der Waals surface area contributed by atoms with Crippen LogP contribution in [0.5, 0.6) is 0 Å². The quantitative estimate of drug-likeness (QED) is 0.714. The molecule has 0 bridgehead atoms. The maximum absolute atomic E-state index is 13.0. The number of hydrogen-bond donors (Lipinski definition) is 1. The van der Waals surface area contributed by atoms with E-state index in [0.717, 1.165) is 29.2 Å². The van der Waals surface area contributed by atoms with Crippen LogP contribution in [0.15, 0.2) is 47.4 Å². The minimum atomic E-state index is -4.08. The highest BCUT2D eigenvalue weighted by molar-refractivity contribution is 7.92. The lowest BCUT2D eigenvalue weighted by atomic mass is 10.1. The van der Waals surface area contributed by atoms with Crippen LogP contribution >= 0.6 is 11.6 Å². The maximum atomic E-state index is 13.0. The molecule has 1 amide bonds. The van der Waals surface area contributed by atoms with Crippen LogP contribution in [0.3, 0.4) is 0 Å². The van der Waals surface area contributed by atoms with Crippen molar-refractivity contribution in [3.05, 3.63) is 58.9 Å². The van der Waals surface area contributed by atoms with Crippen LogP contribution in [0.25, 0.3) is 0 Å². The predicted octanol–water partition coefficient (Wildman–Crippen LogP) is 4.15. The molecule has 0 unspecified atom stereocenters. The van der Waals surface area contributed by atoms with Crippen LogP contribution in [0.2, 0.25) is 5.02 Å². The third-order valence-corrected chi connectivity index (χ3v) is 5.88. The second-order valence-electron chi connectivity index (χ2n) is 6.33. The van der Waals surface area contributed by atoms with Gasteiger partial charge >= 0.3 is 0 Å². The Labute approximate surface area is 165 Å². The van der Waals surface area contributed by atoms with E-state index >= 15 is 0 Å². The number of nitrogens with one attached hydrogen (secondary N) is 1. The minimum Gasteiger partial charge on any atom is -0.330 e. The number of carbonyl (C=O) groups excluding carboxylic acids is 1. The Morgan fingerprint density at radius 3 is 2.39 bits per heavy atom. The van der Waals surface area contributed by atoms with Crippen LogP contribution in [0.4, 0.5) is 18.9 Å². The number of anilines is 1. The molecule has 5 nitrogen and oxygen atoms in total. The second-order valence-corrected chi connectivity index (χ2v) is 8.42. The molecule has 2 aromatic rings. The second kappa shape index (κ2) is 8.00. The van der Waals surface area contributed by atoms with Crippen LogP contribution < -0.4 is 4.72 Å². The van der Waals surface area contributed by atoms with Gasteiger partial charge in [0, 0.05) is 11.6 Å². The van der Waals surface area contributed by atoms with E-state index < -0.39 is 34.7 Å². The number of carbonyl (C=O) groups is 1. The van der Waals surface area contributed by atoms with Crippen LogP contribution in [0, 0.1) is 5.82 Å². The van der Waals surface area contributed by atoms with E-state index in [1.54, 1.807) is 0 Å². The van der Waals surface area contributed by atoms with Crippen molar-refractivity contribution in [1.29, 1.82) is 0 Å². The first-order chi connectivity index (χ1) is 13.2. The van der Waals surface area contributed by atoms with E-state index in [1.807, 2.05) is 0 Å². The third-order valence-electron chi connectivity index (χ3n) is 4.16. The summed E-state index contributed by atoms with van der Waals surface area (Å²) in [4.78, 5) is 13.5. The van der Waals surface area contributed by atoms with E-state index in [4.69, 9.17) is 11.6 Å². The zero-order valence-electron chi connectivity index (χ0n) is 14.4.